The molecule has 2 aromatic rings. The third-order valence-corrected chi connectivity index (χ3v) is 2.33. The average Bonchev–Trinajstić information content (AvgIpc) is 2.33. The number of hydrogen-bond donors (Lipinski definition) is 2. The van der Waals surface area contributed by atoms with Gasteiger partial charge in [-0.25, -0.2) is 4.79 Å². The molecule has 0 aliphatic rings. The van der Waals surface area contributed by atoms with Crippen LogP contribution < -0.4 is 11.2 Å². The predicted octanol–water partition coefficient (Wildman–Crippen LogP) is -0.409. The molecule has 17 heavy (non-hydrogen) atoms. The Morgan fingerprint density at radius 2 is 2.00 bits per heavy atom. The summed E-state index contributed by atoms with van der Waals surface area (Å²) in [5.74, 6) is 0. The Kier molecular flexibility index (Phi) is 3.15. The van der Waals surface area contributed by atoms with Crippen LogP contribution in [0.5, 0.6) is 0 Å². The molecule has 0 aliphatic carbocycles. The van der Waals surface area contributed by atoms with Crippen molar-refractivity contribution in [1.29, 1.82) is 0 Å². The topological polar surface area (TPSA) is 88.0 Å². The second-order valence-electron chi connectivity index (χ2n) is 3.44. The van der Waals surface area contributed by atoms with Gasteiger partial charge in [-0.2, -0.15) is 0 Å². The average molecular weight is 233 g/mol. The fraction of sp³-hybridized carbons (Fsp3) is 0.182. The Bertz CT molecular complexity index is 616. The number of aliphatic hydroxyl groups is 1. The maximum Gasteiger partial charge on any atom is 0.328 e. The summed E-state index contributed by atoms with van der Waals surface area (Å²) in [7, 11) is 0. The molecule has 2 heterocycles. The molecule has 2 aromatic heterocycles. The number of rotatable bonds is 3. The Morgan fingerprint density at radius 1 is 1.29 bits per heavy atom. The molecule has 6 nitrogen and oxygen atoms in total. The number of H-pyrrole nitrogens is 1. The predicted molar refractivity (Wildman–Crippen MR) is 61.6 cm³/mol. The third kappa shape index (κ3) is 2.31. The van der Waals surface area contributed by atoms with Crippen molar-refractivity contribution in [2.45, 2.75) is 6.54 Å². The Labute approximate surface area is 96.2 Å². The van der Waals surface area contributed by atoms with Crippen molar-refractivity contribution in [2.24, 2.45) is 0 Å². The molecule has 0 fully saturated rings. The van der Waals surface area contributed by atoms with E-state index in [4.69, 9.17) is 5.11 Å². The minimum atomic E-state index is -0.529. The van der Waals surface area contributed by atoms with Crippen LogP contribution in [0.1, 0.15) is 0 Å². The highest BCUT2D eigenvalue weighted by Gasteiger charge is 2.07. The molecule has 0 saturated heterocycles. The molecule has 0 spiro atoms. The Morgan fingerprint density at radius 3 is 2.65 bits per heavy atom. The molecule has 0 aliphatic heterocycles. The lowest BCUT2D eigenvalue weighted by molar-refractivity contribution is 0.274. The van der Waals surface area contributed by atoms with Crippen molar-refractivity contribution in [2.75, 3.05) is 6.61 Å². The lowest BCUT2D eigenvalue weighted by Crippen LogP contribution is -2.31. The van der Waals surface area contributed by atoms with E-state index in [1.54, 1.807) is 24.5 Å². The first-order chi connectivity index (χ1) is 8.22. The number of nitrogens with one attached hydrogen (secondary N) is 1. The van der Waals surface area contributed by atoms with Crippen LogP contribution in [0.25, 0.3) is 11.3 Å². The molecular formula is C11H11N3O3. The first kappa shape index (κ1) is 11.3. The van der Waals surface area contributed by atoms with Crippen LogP contribution in [0, 0.1) is 0 Å². The molecule has 88 valence electrons. The largest absolute Gasteiger partial charge is 0.395 e. The van der Waals surface area contributed by atoms with Crippen molar-refractivity contribution >= 4 is 0 Å². The Hall–Kier alpha value is -2.21. The van der Waals surface area contributed by atoms with Crippen LogP contribution in [0.15, 0.2) is 40.2 Å². The van der Waals surface area contributed by atoms with Gasteiger partial charge in [0.25, 0.3) is 5.56 Å². The van der Waals surface area contributed by atoms with Gasteiger partial charge in [-0.05, 0) is 12.1 Å². The van der Waals surface area contributed by atoms with E-state index in [0.29, 0.717) is 11.3 Å². The zero-order chi connectivity index (χ0) is 12.3. The van der Waals surface area contributed by atoms with Gasteiger partial charge in [0.2, 0.25) is 0 Å². The maximum absolute atomic E-state index is 11.6. The summed E-state index contributed by atoms with van der Waals surface area (Å²) in [6, 6.07) is 4.72. The van der Waals surface area contributed by atoms with E-state index in [1.165, 1.54) is 10.6 Å². The molecule has 0 radical (unpaired) electrons. The first-order valence-corrected chi connectivity index (χ1v) is 5.08. The van der Waals surface area contributed by atoms with Gasteiger partial charge in [0.05, 0.1) is 18.8 Å². The minimum Gasteiger partial charge on any atom is -0.395 e. The normalized spacial score (nSPS) is 10.4. The van der Waals surface area contributed by atoms with Crippen LogP contribution >= 0.6 is 0 Å². The third-order valence-electron chi connectivity index (χ3n) is 2.33. The number of aromatic nitrogens is 3. The molecular weight excluding hydrogens is 222 g/mol. The SMILES string of the molecule is O=c1cc(-c2ccncc2)n(CCO)c(=O)[nH]1. The van der Waals surface area contributed by atoms with Crippen LogP contribution in [-0.2, 0) is 6.54 Å². The van der Waals surface area contributed by atoms with Gasteiger partial charge < -0.3 is 5.11 Å². The fourth-order valence-electron chi connectivity index (χ4n) is 1.60. The molecule has 2 N–H and O–H groups in total. The molecule has 0 aromatic carbocycles. The van der Waals surface area contributed by atoms with Crippen LogP contribution in [-0.4, -0.2) is 26.2 Å². The molecule has 6 heteroatoms. The summed E-state index contributed by atoms with van der Waals surface area (Å²) in [5, 5.41) is 8.92. The molecule has 2 rings (SSSR count). The summed E-state index contributed by atoms with van der Waals surface area (Å²) < 4.78 is 1.32. The zero-order valence-electron chi connectivity index (χ0n) is 8.96. The van der Waals surface area contributed by atoms with E-state index in [2.05, 4.69) is 9.97 Å². The first-order valence-electron chi connectivity index (χ1n) is 5.08. The highest BCUT2D eigenvalue weighted by Crippen LogP contribution is 2.14. The van der Waals surface area contributed by atoms with E-state index in [0.717, 1.165) is 0 Å². The van der Waals surface area contributed by atoms with E-state index in [9.17, 15) is 9.59 Å². The molecule has 0 atom stereocenters. The number of nitrogens with zero attached hydrogens (tertiary/aromatic N) is 2. The number of aromatic amines is 1. The fourth-order valence-corrected chi connectivity index (χ4v) is 1.60. The zero-order valence-corrected chi connectivity index (χ0v) is 8.96. The molecule has 0 bridgehead atoms. The minimum absolute atomic E-state index is 0.132. The molecule has 0 saturated carbocycles. The summed E-state index contributed by atoms with van der Waals surface area (Å²) in [6.45, 7) is -0.0443. The summed E-state index contributed by atoms with van der Waals surface area (Å²) >= 11 is 0. The van der Waals surface area contributed by atoms with Crippen molar-refractivity contribution in [1.82, 2.24) is 14.5 Å². The van der Waals surface area contributed by atoms with Gasteiger partial charge in [0.1, 0.15) is 0 Å². The maximum atomic E-state index is 11.6. The van der Waals surface area contributed by atoms with Crippen LogP contribution in [0.2, 0.25) is 0 Å². The number of aliphatic hydroxyl groups excluding tert-OH is 1. The van der Waals surface area contributed by atoms with E-state index < -0.39 is 11.2 Å². The van der Waals surface area contributed by atoms with E-state index in [-0.39, 0.29) is 13.2 Å². The van der Waals surface area contributed by atoms with Crippen LogP contribution in [0.4, 0.5) is 0 Å². The van der Waals surface area contributed by atoms with Crippen LogP contribution in [0.3, 0.4) is 0 Å². The highest BCUT2D eigenvalue weighted by atomic mass is 16.3. The summed E-state index contributed by atoms with van der Waals surface area (Å²) in [6.07, 6.45) is 3.15. The monoisotopic (exact) mass is 233 g/mol. The van der Waals surface area contributed by atoms with E-state index in [1.807, 2.05) is 0 Å². The van der Waals surface area contributed by atoms with Crippen molar-refractivity contribution in [3.63, 3.8) is 0 Å². The Balaban J connectivity index is 2.67. The standard InChI is InChI=1S/C11H11N3O3/c15-6-5-14-9(7-10(16)13-11(14)17)8-1-3-12-4-2-8/h1-4,7,15H,5-6H2,(H,13,16,17). The second kappa shape index (κ2) is 4.75. The van der Waals surface area contributed by atoms with Crippen molar-refractivity contribution in [3.8, 4) is 11.3 Å². The lowest BCUT2D eigenvalue weighted by atomic mass is 10.2. The van der Waals surface area contributed by atoms with E-state index >= 15 is 0 Å². The second-order valence-corrected chi connectivity index (χ2v) is 3.44. The van der Waals surface area contributed by atoms with Crippen molar-refractivity contribution < 1.29 is 5.11 Å². The van der Waals surface area contributed by atoms with Gasteiger partial charge in [-0.1, -0.05) is 0 Å². The number of pyridine rings is 1. The lowest BCUT2D eigenvalue weighted by Gasteiger charge is -2.10. The van der Waals surface area contributed by atoms with Gasteiger partial charge in [0, 0.05) is 24.0 Å². The van der Waals surface area contributed by atoms with Gasteiger partial charge in [0.15, 0.2) is 0 Å². The van der Waals surface area contributed by atoms with Gasteiger partial charge in [-0.3, -0.25) is 19.3 Å². The summed E-state index contributed by atoms with van der Waals surface area (Å²) in [5.41, 5.74) is 0.182. The molecule has 0 unspecified atom stereocenters. The van der Waals surface area contributed by atoms with Gasteiger partial charge >= 0.3 is 5.69 Å². The smallest absolute Gasteiger partial charge is 0.328 e. The summed E-state index contributed by atoms with van der Waals surface area (Å²) in [4.78, 5) is 28.9. The molecule has 0 amide bonds. The number of hydrogen-bond acceptors (Lipinski definition) is 4. The quantitative estimate of drug-likeness (QED) is 0.754. The van der Waals surface area contributed by atoms with Crippen molar-refractivity contribution in [3.05, 3.63) is 51.4 Å². The van der Waals surface area contributed by atoms with Gasteiger partial charge in [-0.15, -0.1) is 0 Å². The highest BCUT2D eigenvalue weighted by molar-refractivity contribution is 5.58.